The molecule has 0 bridgehead atoms. The van der Waals surface area contributed by atoms with Crippen molar-refractivity contribution in [2.75, 3.05) is 24.9 Å². The van der Waals surface area contributed by atoms with Crippen LogP contribution in [-0.4, -0.2) is 29.4 Å². The molecule has 0 aliphatic carbocycles. The van der Waals surface area contributed by atoms with E-state index in [1.54, 1.807) is 26.4 Å². The fourth-order valence-electron chi connectivity index (χ4n) is 2.35. The highest BCUT2D eigenvalue weighted by Gasteiger charge is 2.11. The Hall–Kier alpha value is -3.06. The van der Waals surface area contributed by atoms with E-state index >= 15 is 0 Å². The van der Waals surface area contributed by atoms with Crippen molar-refractivity contribution in [3.63, 3.8) is 0 Å². The average molecular weight is 372 g/mol. The standard InChI is InChI=1S/C18H18ClN5O2/c1-11-6-4-5-7-13(11)22-18-23-17(10-20-24-18)21-14-9-15(25-2)12(19)8-16(14)26-3/h4-10H,1-3H3,(H2,21,22,23,24). The Labute approximate surface area is 156 Å². The smallest absolute Gasteiger partial charge is 0.249 e. The number of rotatable bonds is 6. The third kappa shape index (κ3) is 3.94. The van der Waals surface area contributed by atoms with Gasteiger partial charge >= 0.3 is 0 Å². The van der Waals surface area contributed by atoms with Crippen molar-refractivity contribution in [2.24, 2.45) is 0 Å². The molecular formula is C18H18ClN5O2. The predicted molar refractivity (Wildman–Crippen MR) is 102 cm³/mol. The van der Waals surface area contributed by atoms with Gasteiger partial charge in [0, 0.05) is 17.8 Å². The van der Waals surface area contributed by atoms with Crippen LogP contribution in [0.3, 0.4) is 0 Å². The van der Waals surface area contributed by atoms with Crippen LogP contribution in [0.2, 0.25) is 5.02 Å². The van der Waals surface area contributed by atoms with Crippen molar-refractivity contribution >= 4 is 34.7 Å². The van der Waals surface area contributed by atoms with E-state index < -0.39 is 0 Å². The Morgan fingerprint density at radius 2 is 1.73 bits per heavy atom. The van der Waals surface area contributed by atoms with E-state index in [0.29, 0.717) is 34.0 Å². The lowest BCUT2D eigenvalue weighted by Gasteiger charge is -2.14. The molecule has 1 heterocycles. The zero-order valence-corrected chi connectivity index (χ0v) is 15.3. The van der Waals surface area contributed by atoms with Crippen LogP contribution in [0.15, 0.2) is 42.6 Å². The molecule has 0 spiro atoms. The number of ether oxygens (including phenoxy) is 2. The summed E-state index contributed by atoms with van der Waals surface area (Å²) in [4.78, 5) is 4.43. The van der Waals surface area contributed by atoms with Crippen molar-refractivity contribution in [3.8, 4) is 11.5 Å². The van der Waals surface area contributed by atoms with Gasteiger partial charge in [-0.15, -0.1) is 5.10 Å². The molecule has 134 valence electrons. The van der Waals surface area contributed by atoms with Gasteiger partial charge in [-0.1, -0.05) is 29.8 Å². The molecule has 0 atom stereocenters. The third-order valence-corrected chi connectivity index (χ3v) is 3.98. The average Bonchev–Trinajstić information content (AvgIpc) is 2.65. The van der Waals surface area contributed by atoms with Crippen molar-refractivity contribution in [2.45, 2.75) is 6.92 Å². The van der Waals surface area contributed by atoms with Gasteiger partial charge in [-0.2, -0.15) is 10.1 Å². The highest BCUT2D eigenvalue weighted by atomic mass is 35.5. The molecule has 2 N–H and O–H groups in total. The number of aromatic nitrogens is 3. The number of nitrogens with one attached hydrogen (secondary N) is 2. The second kappa shape index (κ2) is 7.88. The van der Waals surface area contributed by atoms with Gasteiger partial charge in [-0.05, 0) is 18.6 Å². The molecule has 26 heavy (non-hydrogen) atoms. The topological polar surface area (TPSA) is 81.2 Å². The SMILES string of the molecule is COc1cc(Nc2cnnc(Nc3ccccc3C)n2)c(OC)cc1Cl. The molecule has 2 aromatic carbocycles. The first-order chi connectivity index (χ1) is 12.6. The maximum atomic E-state index is 6.13. The molecule has 7 nitrogen and oxygen atoms in total. The zero-order chi connectivity index (χ0) is 18.5. The summed E-state index contributed by atoms with van der Waals surface area (Å²) in [5, 5.41) is 14.8. The lowest BCUT2D eigenvalue weighted by molar-refractivity contribution is 0.405. The van der Waals surface area contributed by atoms with Crippen molar-refractivity contribution in [1.29, 1.82) is 0 Å². The van der Waals surface area contributed by atoms with Crippen LogP contribution >= 0.6 is 11.6 Å². The first-order valence-corrected chi connectivity index (χ1v) is 8.19. The van der Waals surface area contributed by atoms with Crippen molar-refractivity contribution in [3.05, 3.63) is 53.2 Å². The highest BCUT2D eigenvalue weighted by molar-refractivity contribution is 6.32. The fourth-order valence-corrected chi connectivity index (χ4v) is 2.58. The molecular weight excluding hydrogens is 354 g/mol. The Morgan fingerprint density at radius 1 is 0.962 bits per heavy atom. The summed E-state index contributed by atoms with van der Waals surface area (Å²) in [6.07, 6.45) is 1.52. The number of nitrogens with zero attached hydrogens (tertiary/aromatic N) is 3. The Kier molecular flexibility index (Phi) is 5.38. The first kappa shape index (κ1) is 17.8. The van der Waals surface area contributed by atoms with Gasteiger partial charge in [-0.25, -0.2) is 0 Å². The predicted octanol–water partition coefficient (Wildman–Crippen LogP) is 4.34. The van der Waals surface area contributed by atoms with Crippen LogP contribution in [0, 0.1) is 6.92 Å². The number of halogens is 1. The second-order valence-corrected chi connectivity index (χ2v) is 5.82. The van der Waals surface area contributed by atoms with Crippen molar-refractivity contribution in [1.82, 2.24) is 15.2 Å². The Balaban J connectivity index is 1.86. The lowest BCUT2D eigenvalue weighted by atomic mass is 10.2. The summed E-state index contributed by atoms with van der Waals surface area (Å²) in [6, 6.07) is 11.3. The van der Waals surface area contributed by atoms with E-state index in [9.17, 15) is 0 Å². The van der Waals surface area contributed by atoms with Gasteiger partial charge < -0.3 is 20.1 Å². The normalized spacial score (nSPS) is 10.3. The third-order valence-electron chi connectivity index (χ3n) is 3.69. The van der Waals surface area contributed by atoms with Crippen LogP contribution in [0.4, 0.5) is 23.1 Å². The number of benzene rings is 2. The van der Waals surface area contributed by atoms with Crippen LogP contribution < -0.4 is 20.1 Å². The fraction of sp³-hybridized carbons (Fsp3) is 0.167. The number of aryl methyl sites for hydroxylation is 1. The van der Waals surface area contributed by atoms with E-state index in [-0.39, 0.29) is 0 Å². The summed E-state index contributed by atoms with van der Waals surface area (Å²) in [6.45, 7) is 2.00. The molecule has 8 heteroatoms. The van der Waals surface area contributed by atoms with E-state index in [1.807, 2.05) is 31.2 Å². The molecule has 0 saturated heterocycles. The van der Waals surface area contributed by atoms with E-state index in [1.165, 1.54) is 6.20 Å². The summed E-state index contributed by atoms with van der Waals surface area (Å²) < 4.78 is 10.6. The van der Waals surface area contributed by atoms with Crippen LogP contribution in [0.1, 0.15) is 5.56 Å². The van der Waals surface area contributed by atoms with Gasteiger partial charge in [0.25, 0.3) is 0 Å². The van der Waals surface area contributed by atoms with Gasteiger partial charge in [0.05, 0.1) is 31.1 Å². The largest absolute Gasteiger partial charge is 0.495 e. The number of methoxy groups -OCH3 is 2. The zero-order valence-electron chi connectivity index (χ0n) is 14.6. The summed E-state index contributed by atoms with van der Waals surface area (Å²) in [5.74, 6) is 1.96. The maximum absolute atomic E-state index is 6.13. The van der Waals surface area contributed by atoms with E-state index in [4.69, 9.17) is 21.1 Å². The monoisotopic (exact) mass is 371 g/mol. The Morgan fingerprint density at radius 3 is 2.46 bits per heavy atom. The maximum Gasteiger partial charge on any atom is 0.249 e. The minimum atomic E-state index is 0.379. The quantitative estimate of drug-likeness (QED) is 0.667. The molecule has 0 fully saturated rings. The minimum Gasteiger partial charge on any atom is -0.495 e. The van der Waals surface area contributed by atoms with E-state index in [0.717, 1.165) is 11.3 Å². The molecule has 0 aliphatic rings. The van der Waals surface area contributed by atoms with Gasteiger partial charge in [0.15, 0.2) is 5.82 Å². The summed E-state index contributed by atoms with van der Waals surface area (Å²) in [5.41, 5.74) is 2.65. The van der Waals surface area contributed by atoms with Crippen LogP contribution in [0.25, 0.3) is 0 Å². The molecule has 0 unspecified atom stereocenters. The number of anilines is 4. The Bertz CT molecular complexity index is 920. The molecule has 3 rings (SSSR count). The molecule has 1 aromatic heterocycles. The second-order valence-electron chi connectivity index (χ2n) is 5.42. The first-order valence-electron chi connectivity index (χ1n) is 7.81. The molecule has 0 saturated carbocycles. The highest BCUT2D eigenvalue weighted by Crippen LogP contribution is 2.37. The number of hydrogen-bond donors (Lipinski definition) is 2. The van der Waals surface area contributed by atoms with Crippen molar-refractivity contribution < 1.29 is 9.47 Å². The summed E-state index contributed by atoms with van der Waals surface area (Å²) >= 11 is 6.13. The molecule has 0 amide bonds. The summed E-state index contributed by atoms with van der Waals surface area (Å²) in [7, 11) is 3.11. The molecule has 0 aliphatic heterocycles. The van der Waals surface area contributed by atoms with Crippen LogP contribution in [0.5, 0.6) is 11.5 Å². The van der Waals surface area contributed by atoms with Gasteiger partial charge in [0.2, 0.25) is 5.95 Å². The molecule has 3 aromatic rings. The number of para-hydroxylation sites is 1. The van der Waals surface area contributed by atoms with Crippen LogP contribution in [-0.2, 0) is 0 Å². The van der Waals surface area contributed by atoms with Gasteiger partial charge in [-0.3, -0.25) is 0 Å². The van der Waals surface area contributed by atoms with E-state index in [2.05, 4.69) is 25.8 Å². The lowest BCUT2D eigenvalue weighted by Crippen LogP contribution is -2.04. The molecule has 0 radical (unpaired) electrons. The number of hydrogen-bond acceptors (Lipinski definition) is 7. The van der Waals surface area contributed by atoms with Gasteiger partial charge in [0.1, 0.15) is 11.5 Å². The minimum absolute atomic E-state index is 0.379.